The average Bonchev–Trinajstić information content (AvgIpc) is 3.42. The number of carbonyl (C=O) groups is 2. The highest BCUT2D eigenvalue weighted by Crippen LogP contribution is 2.23. The largest absolute Gasteiger partial charge is 0.337 e. The van der Waals surface area contributed by atoms with Crippen molar-refractivity contribution in [3.05, 3.63) is 26.8 Å². The molecule has 8 nitrogen and oxygen atoms in total. The molecule has 0 bridgehead atoms. The lowest BCUT2D eigenvalue weighted by Crippen LogP contribution is -2.55. The minimum absolute atomic E-state index is 0.00462. The molecular weight excluding hydrogens is 484 g/mol. The number of piperidine rings is 1. The predicted molar refractivity (Wildman–Crippen MR) is 133 cm³/mol. The lowest BCUT2D eigenvalue weighted by Gasteiger charge is -2.35. The second kappa shape index (κ2) is 11.8. The fourth-order valence-electron chi connectivity index (χ4n) is 4.41. The molecule has 2 aliphatic rings. The molecule has 33 heavy (non-hydrogen) atoms. The van der Waals surface area contributed by atoms with Crippen molar-refractivity contribution in [2.24, 2.45) is 0 Å². The molecule has 2 saturated heterocycles. The predicted octanol–water partition coefficient (Wildman–Crippen LogP) is 2.62. The number of hydrogen-bond donors (Lipinski definition) is 1. The van der Waals surface area contributed by atoms with Crippen LogP contribution in [0.1, 0.15) is 44.4 Å². The maximum atomic E-state index is 13.0. The van der Waals surface area contributed by atoms with Crippen molar-refractivity contribution < 1.29 is 18.0 Å². The van der Waals surface area contributed by atoms with E-state index in [1.54, 1.807) is 12.1 Å². The number of nitrogens with zero attached hydrogens (tertiary/aromatic N) is 3. The van der Waals surface area contributed by atoms with Crippen LogP contribution in [0.4, 0.5) is 0 Å². The van der Waals surface area contributed by atoms with Crippen LogP contribution >= 0.6 is 22.9 Å². The molecule has 1 N–H and O–H groups in total. The number of halogens is 1. The van der Waals surface area contributed by atoms with Crippen LogP contribution in [0.5, 0.6) is 0 Å². The summed E-state index contributed by atoms with van der Waals surface area (Å²) in [4.78, 5) is 32.4. The molecule has 2 aliphatic heterocycles. The van der Waals surface area contributed by atoms with Gasteiger partial charge in [-0.1, -0.05) is 25.4 Å². The molecule has 1 aromatic rings. The summed E-state index contributed by atoms with van der Waals surface area (Å²) in [6.07, 6.45) is 4.45. The Bertz CT molecular complexity index is 961. The number of rotatable bonds is 10. The third-order valence-corrected chi connectivity index (χ3v) is 8.53. The van der Waals surface area contributed by atoms with Crippen molar-refractivity contribution in [3.8, 4) is 0 Å². The Morgan fingerprint density at radius 2 is 1.97 bits per heavy atom. The number of thiophene rings is 1. The van der Waals surface area contributed by atoms with Crippen LogP contribution in [0.2, 0.25) is 4.34 Å². The van der Waals surface area contributed by atoms with E-state index in [1.165, 1.54) is 22.3 Å². The van der Waals surface area contributed by atoms with Crippen molar-refractivity contribution in [2.75, 3.05) is 39.3 Å². The highest BCUT2D eigenvalue weighted by molar-refractivity contribution is 7.92. The Hall–Kier alpha value is -1.46. The van der Waals surface area contributed by atoms with Crippen LogP contribution in [0.15, 0.2) is 17.5 Å². The Morgan fingerprint density at radius 3 is 2.64 bits per heavy atom. The second-order valence-electron chi connectivity index (χ2n) is 8.43. The first-order valence-corrected chi connectivity index (χ1v) is 14.2. The van der Waals surface area contributed by atoms with Crippen molar-refractivity contribution in [2.45, 2.75) is 51.6 Å². The number of sulfonamides is 1. The highest BCUT2D eigenvalue weighted by atomic mass is 35.5. The SMILES string of the molecule is CCN(CC)C[C@@H]1CCCN1C(=O)CN1CCC[C@H](NS(=O)(=O)C=Cc2ccc(Cl)s2)C1=O. The van der Waals surface area contributed by atoms with E-state index in [-0.39, 0.29) is 24.4 Å². The zero-order valence-electron chi connectivity index (χ0n) is 19.2. The molecule has 2 atom stereocenters. The van der Waals surface area contributed by atoms with E-state index >= 15 is 0 Å². The second-order valence-corrected chi connectivity index (χ2v) is 11.8. The Kier molecular flexibility index (Phi) is 9.34. The first-order valence-electron chi connectivity index (χ1n) is 11.5. The van der Waals surface area contributed by atoms with Gasteiger partial charge in [0.15, 0.2) is 0 Å². The third-order valence-electron chi connectivity index (χ3n) is 6.23. The van der Waals surface area contributed by atoms with Gasteiger partial charge >= 0.3 is 0 Å². The quantitative estimate of drug-likeness (QED) is 0.516. The van der Waals surface area contributed by atoms with Gasteiger partial charge in [0.25, 0.3) is 0 Å². The first kappa shape index (κ1) is 26.2. The van der Waals surface area contributed by atoms with Crippen molar-refractivity contribution in [1.82, 2.24) is 19.4 Å². The number of amides is 2. The van der Waals surface area contributed by atoms with E-state index in [1.807, 2.05) is 4.90 Å². The van der Waals surface area contributed by atoms with E-state index in [9.17, 15) is 18.0 Å². The standard InChI is InChI=1S/C22H33ClN4O4S2/c1-3-25(4-2)15-17-7-5-13-27(17)21(28)16-26-12-6-8-19(22(26)29)24-33(30,31)14-11-18-9-10-20(23)32-18/h9-11,14,17,19,24H,3-8,12-13,15-16H2,1-2H3/t17-,19-/m0/s1. The molecule has 0 aromatic carbocycles. The van der Waals surface area contributed by atoms with Gasteiger partial charge in [0.1, 0.15) is 6.04 Å². The summed E-state index contributed by atoms with van der Waals surface area (Å²) in [7, 11) is -3.81. The topological polar surface area (TPSA) is 90.0 Å². The lowest BCUT2D eigenvalue weighted by molar-refractivity contribution is -0.143. The first-order chi connectivity index (χ1) is 15.7. The number of hydrogen-bond acceptors (Lipinski definition) is 6. The molecule has 3 rings (SSSR count). The minimum Gasteiger partial charge on any atom is -0.337 e. The van der Waals surface area contributed by atoms with Gasteiger partial charge < -0.3 is 14.7 Å². The average molecular weight is 517 g/mol. The summed E-state index contributed by atoms with van der Waals surface area (Å²) in [5.41, 5.74) is 0. The highest BCUT2D eigenvalue weighted by Gasteiger charge is 2.35. The molecule has 0 unspecified atom stereocenters. The van der Waals surface area contributed by atoms with Gasteiger partial charge in [-0.25, -0.2) is 8.42 Å². The molecule has 0 radical (unpaired) electrons. The van der Waals surface area contributed by atoms with Gasteiger partial charge in [-0.15, -0.1) is 11.3 Å². The molecule has 0 aliphatic carbocycles. The zero-order chi connectivity index (χ0) is 24.0. The Labute approximate surface area is 205 Å². The number of nitrogens with one attached hydrogen (secondary N) is 1. The Morgan fingerprint density at radius 1 is 1.24 bits per heavy atom. The summed E-state index contributed by atoms with van der Waals surface area (Å²) < 4.78 is 28.0. The summed E-state index contributed by atoms with van der Waals surface area (Å²) in [5, 5.41) is 1.05. The van der Waals surface area contributed by atoms with E-state index in [4.69, 9.17) is 11.6 Å². The van der Waals surface area contributed by atoms with Crippen LogP contribution in [-0.2, 0) is 19.6 Å². The van der Waals surface area contributed by atoms with E-state index < -0.39 is 16.1 Å². The molecule has 0 spiro atoms. The van der Waals surface area contributed by atoms with Crippen LogP contribution in [0.3, 0.4) is 0 Å². The summed E-state index contributed by atoms with van der Waals surface area (Å²) in [6.45, 7) is 8.12. The summed E-state index contributed by atoms with van der Waals surface area (Å²) >= 11 is 7.14. The van der Waals surface area contributed by atoms with Crippen LogP contribution in [-0.4, -0.2) is 86.3 Å². The van der Waals surface area contributed by atoms with Crippen molar-refractivity contribution in [3.63, 3.8) is 0 Å². The lowest BCUT2D eigenvalue weighted by atomic mass is 10.1. The molecule has 2 amide bonds. The zero-order valence-corrected chi connectivity index (χ0v) is 21.6. The number of carbonyl (C=O) groups excluding carboxylic acids is 2. The fraction of sp³-hybridized carbons (Fsp3) is 0.636. The summed E-state index contributed by atoms with van der Waals surface area (Å²) in [6, 6.07) is 2.73. The molecular formula is C22H33ClN4O4S2. The van der Waals surface area contributed by atoms with Gasteiger partial charge in [-0.05, 0) is 57.0 Å². The Balaban J connectivity index is 1.58. The van der Waals surface area contributed by atoms with Crippen LogP contribution < -0.4 is 4.72 Å². The maximum Gasteiger partial charge on any atom is 0.242 e. The van der Waals surface area contributed by atoms with E-state index in [0.29, 0.717) is 35.1 Å². The molecule has 11 heteroatoms. The van der Waals surface area contributed by atoms with Crippen LogP contribution in [0, 0.1) is 0 Å². The minimum atomic E-state index is -3.81. The van der Waals surface area contributed by atoms with E-state index in [2.05, 4.69) is 23.5 Å². The normalized spacial score (nSPS) is 22.1. The number of likely N-dealkylation sites (N-methyl/N-ethyl adjacent to an activating group) is 1. The maximum absolute atomic E-state index is 13.0. The van der Waals surface area contributed by atoms with Crippen molar-refractivity contribution in [1.29, 1.82) is 0 Å². The smallest absolute Gasteiger partial charge is 0.242 e. The summed E-state index contributed by atoms with van der Waals surface area (Å²) in [5.74, 6) is -0.402. The molecule has 1 aromatic heterocycles. The molecule has 2 fully saturated rings. The third kappa shape index (κ3) is 7.26. The monoisotopic (exact) mass is 516 g/mol. The van der Waals surface area contributed by atoms with E-state index in [0.717, 1.165) is 37.9 Å². The van der Waals surface area contributed by atoms with Gasteiger partial charge in [-0.2, -0.15) is 4.72 Å². The van der Waals surface area contributed by atoms with Gasteiger partial charge in [-0.3, -0.25) is 9.59 Å². The van der Waals surface area contributed by atoms with Crippen LogP contribution in [0.25, 0.3) is 6.08 Å². The molecule has 0 saturated carbocycles. The van der Waals surface area contributed by atoms with Gasteiger partial charge in [0.2, 0.25) is 21.8 Å². The van der Waals surface area contributed by atoms with Crippen molar-refractivity contribution >= 4 is 50.9 Å². The fourth-order valence-corrected chi connectivity index (χ4v) is 6.48. The van der Waals surface area contributed by atoms with Gasteiger partial charge in [0.05, 0.1) is 10.9 Å². The number of likely N-dealkylation sites (tertiary alicyclic amines) is 2. The van der Waals surface area contributed by atoms with Gasteiger partial charge in [0, 0.05) is 36.0 Å². The molecule has 184 valence electrons. The molecule has 3 heterocycles.